The van der Waals surface area contributed by atoms with Crippen molar-refractivity contribution in [2.75, 3.05) is 0 Å². The number of rotatable bonds is 3. The van der Waals surface area contributed by atoms with E-state index in [1.165, 1.54) is 5.56 Å². The molecule has 0 aliphatic carbocycles. The Kier molecular flexibility index (Phi) is 3.42. The molecule has 0 unspecified atom stereocenters. The summed E-state index contributed by atoms with van der Waals surface area (Å²) in [6.07, 6.45) is 3.69. The van der Waals surface area contributed by atoms with Gasteiger partial charge in [0.05, 0.1) is 5.69 Å². The lowest BCUT2D eigenvalue weighted by Crippen LogP contribution is -1.90. The maximum atomic E-state index is 4.62. The van der Waals surface area contributed by atoms with Gasteiger partial charge in [-0.05, 0) is 17.2 Å². The second-order valence-electron chi connectivity index (χ2n) is 4.60. The van der Waals surface area contributed by atoms with Crippen molar-refractivity contribution in [3.05, 3.63) is 85.1 Å². The van der Waals surface area contributed by atoms with Crippen LogP contribution in [0.5, 0.6) is 0 Å². The SMILES string of the molecule is C=Cc1cnc(-c2ccccc2)c(-c2ccccc2)c1. The van der Waals surface area contributed by atoms with Crippen LogP contribution in [0.15, 0.2) is 79.5 Å². The van der Waals surface area contributed by atoms with Gasteiger partial charge in [0, 0.05) is 17.3 Å². The minimum atomic E-state index is 1.00. The molecule has 0 bridgehead atoms. The molecule has 1 heterocycles. The summed E-state index contributed by atoms with van der Waals surface area (Å²) >= 11 is 0. The second-order valence-corrected chi connectivity index (χ2v) is 4.60. The van der Waals surface area contributed by atoms with E-state index in [-0.39, 0.29) is 0 Å². The highest BCUT2D eigenvalue weighted by atomic mass is 14.7. The number of hydrogen-bond donors (Lipinski definition) is 0. The molecular formula is C19H15N. The number of pyridine rings is 1. The molecule has 0 radical (unpaired) electrons. The van der Waals surface area contributed by atoms with E-state index in [2.05, 4.69) is 41.9 Å². The number of nitrogens with zero attached hydrogens (tertiary/aromatic N) is 1. The van der Waals surface area contributed by atoms with Crippen molar-refractivity contribution in [2.45, 2.75) is 0 Å². The van der Waals surface area contributed by atoms with E-state index in [0.29, 0.717) is 0 Å². The average molecular weight is 257 g/mol. The molecule has 3 aromatic rings. The third kappa shape index (κ3) is 2.39. The van der Waals surface area contributed by atoms with Gasteiger partial charge in [0.25, 0.3) is 0 Å². The summed E-state index contributed by atoms with van der Waals surface area (Å²) in [6, 6.07) is 22.7. The first-order chi connectivity index (χ1) is 9.88. The van der Waals surface area contributed by atoms with Crippen LogP contribution in [-0.2, 0) is 0 Å². The minimum absolute atomic E-state index is 1.00. The van der Waals surface area contributed by atoms with Crippen molar-refractivity contribution in [3.63, 3.8) is 0 Å². The van der Waals surface area contributed by atoms with Crippen molar-refractivity contribution >= 4 is 6.08 Å². The Balaban J connectivity index is 2.23. The molecular weight excluding hydrogens is 242 g/mol. The molecule has 0 amide bonds. The van der Waals surface area contributed by atoms with Gasteiger partial charge >= 0.3 is 0 Å². The lowest BCUT2D eigenvalue weighted by molar-refractivity contribution is 1.31. The van der Waals surface area contributed by atoms with Crippen molar-refractivity contribution in [1.29, 1.82) is 0 Å². The predicted molar refractivity (Wildman–Crippen MR) is 85.2 cm³/mol. The Morgan fingerprint density at radius 1 is 0.800 bits per heavy atom. The highest BCUT2D eigenvalue weighted by Gasteiger charge is 2.09. The lowest BCUT2D eigenvalue weighted by Gasteiger charge is -2.10. The van der Waals surface area contributed by atoms with Crippen LogP contribution >= 0.6 is 0 Å². The molecule has 0 spiro atoms. The zero-order chi connectivity index (χ0) is 13.8. The molecule has 0 aliphatic heterocycles. The van der Waals surface area contributed by atoms with Gasteiger partial charge in [0.15, 0.2) is 0 Å². The molecule has 1 aromatic heterocycles. The van der Waals surface area contributed by atoms with E-state index in [9.17, 15) is 0 Å². The van der Waals surface area contributed by atoms with Gasteiger partial charge in [0.2, 0.25) is 0 Å². The maximum Gasteiger partial charge on any atom is 0.0780 e. The lowest BCUT2D eigenvalue weighted by atomic mass is 9.98. The molecule has 0 saturated heterocycles. The molecule has 3 rings (SSSR count). The molecule has 2 aromatic carbocycles. The Morgan fingerprint density at radius 2 is 1.40 bits per heavy atom. The van der Waals surface area contributed by atoms with Crippen LogP contribution in [0.25, 0.3) is 28.5 Å². The van der Waals surface area contributed by atoms with Gasteiger partial charge in [-0.25, -0.2) is 0 Å². The normalized spacial score (nSPS) is 10.2. The fourth-order valence-electron chi connectivity index (χ4n) is 2.26. The van der Waals surface area contributed by atoms with Crippen molar-refractivity contribution in [1.82, 2.24) is 4.98 Å². The Bertz CT molecular complexity index is 715. The number of benzene rings is 2. The number of aromatic nitrogens is 1. The summed E-state index contributed by atoms with van der Waals surface area (Å²) in [4.78, 5) is 4.62. The van der Waals surface area contributed by atoms with Gasteiger partial charge in [-0.1, -0.05) is 73.3 Å². The predicted octanol–water partition coefficient (Wildman–Crippen LogP) is 5.06. The molecule has 0 atom stereocenters. The minimum Gasteiger partial charge on any atom is -0.255 e. The van der Waals surface area contributed by atoms with Crippen LogP contribution in [-0.4, -0.2) is 4.98 Å². The second kappa shape index (κ2) is 5.54. The monoisotopic (exact) mass is 257 g/mol. The van der Waals surface area contributed by atoms with Crippen LogP contribution in [0.4, 0.5) is 0 Å². The molecule has 0 fully saturated rings. The first kappa shape index (κ1) is 12.4. The Hall–Kier alpha value is -2.67. The third-order valence-electron chi connectivity index (χ3n) is 3.28. The molecule has 20 heavy (non-hydrogen) atoms. The van der Waals surface area contributed by atoms with Gasteiger partial charge in [-0.2, -0.15) is 0 Å². The largest absolute Gasteiger partial charge is 0.255 e. The molecule has 1 heteroatoms. The van der Waals surface area contributed by atoms with Crippen molar-refractivity contribution in [3.8, 4) is 22.4 Å². The van der Waals surface area contributed by atoms with Crippen LogP contribution < -0.4 is 0 Å². The average Bonchev–Trinajstić information content (AvgIpc) is 2.56. The summed E-state index contributed by atoms with van der Waals surface area (Å²) in [6.45, 7) is 3.83. The zero-order valence-corrected chi connectivity index (χ0v) is 11.2. The van der Waals surface area contributed by atoms with Crippen LogP contribution in [0, 0.1) is 0 Å². The van der Waals surface area contributed by atoms with Crippen LogP contribution in [0.2, 0.25) is 0 Å². The van der Waals surface area contributed by atoms with Crippen LogP contribution in [0.1, 0.15) is 5.56 Å². The summed E-state index contributed by atoms with van der Waals surface area (Å²) in [7, 11) is 0. The van der Waals surface area contributed by atoms with E-state index >= 15 is 0 Å². The van der Waals surface area contributed by atoms with E-state index < -0.39 is 0 Å². The highest BCUT2D eigenvalue weighted by molar-refractivity contribution is 5.82. The molecule has 0 N–H and O–H groups in total. The molecule has 0 aliphatic rings. The van der Waals surface area contributed by atoms with Crippen LogP contribution in [0.3, 0.4) is 0 Å². The van der Waals surface area contributed by atoms with Gasteiger partial charge < -0.3 is 0 Å². The van der Waals surface area contributed by atoms with Gasteiger partial charge in [-0.15, -0.1) is 0 Å². The van der Waals surface area contributed by atoms with E-state index in [0.717, 1.165) is 22.4 Å². The molecule has 96 valence electrons. The zero-order valence-electron chi connectivity index (χ0n) is 11.2. The fourth-order valence-corrected chi connectivity index (χ4v) is 2.26. The standard InChI is InChI=1S/C19H15N/c1-2-15-13-18(16-9-5-3-6-10-16)19(20-14-15)17-11-7-4-8-12-17/h2-14H,1H2. The van der Waals surface area contributed by atoms with Crippen molar-refractivity contribution in [2.24, 2.45) is 0 Å². The Morgan fingerprint density at radius 3 is 2.00 bits per heavy atom. The third-order valence-corrected chi connectivity index (χ3v) is 3.28. The first-order valence-corrected chi connectivity index (χ1v) is 6.62. The van der Waals surface area contributed by atoms with Gasteiger partial charge in [-0.3, -0.25) is 4.98 Å². The number of hydrogen-bond acceptors (Lipinski definition) is 1. The smallest absolute Gasteiger partial charge is 0.0780 e. The van der Waals surface area contributed by atoms with Gasteiger partial charge in [0.1, 0.15) is 0 Å². The van der Waals surface area contributed by atoms with E-state index in [1.807, 2.05) is 48.7 Å². The van der Waals surface area contributed by atoms with E-state index in [4.69, 9.17) is 0 Å². The summed E-state index contributed by atoms with van der Waals surface area (Å²) in [5, 5.41) is 0. The quantitative estimate of drug-likeness (QED) is 0.639. The first-order valence-electron chi connectivity index (χ1n) is 6.62. The summed E-state index contributed by atoms with van der Waals surface area (Å²) < 4.78 is 0. The Labute approximate surface area is 119 Å². The molecule has 0 saturated carbocycles. The fraction of sp³-hybridized carbons (Fsp3) is 0. The van der Waals surface area contributed by atoms with E-state index in [1.54, 1.807) is 0 Å². The topological polar surface area (TPSA) is 12.9 Å². The summed E-state index contributed by atoms with van der Waals surface area (Å²) in [5.41, 5.74) is 5.46. The molecule has 1 nitrogen and oxygen atoms in total. The highest BCUT2D eigenvalue weighted by Crippen LogP contribution is 2.31. The summed E-state index contributed by atoms with van der Waals surface area (Å²) in [5.74, 6) is 0. The van der Waals surface area contributed by atoms with Crippen molar-refractivity contribution < 1.29 is 0 Å². The maximum absolute atomic E-state index is 4.62.